The summed E-state index contributed by atoms with van der Waals surface area (Å²) in [6.45, 7) is 7.26. The van der Waals surface area contributed by atoms with E-state index in [1.165, 1.54) is 62.5 Å². The number of benzene rings is 1. The van der Waals surface area contributed by atoms with E-state index in [0.717, 1.165) is 30.8 Å². The lowest BCUT2D eigenvalue weighted by Gasteiger charge is -2.27. The molecule has 1 fully saturated rings. The van der Waals surface area contributed by atoms with E-state index < -0.39 is 0 Å². The molecule has 0 aliphatic heterocycles. The average molecular weight is 319 g/mol. The van der Waals surface area contributed by atoms with Crippen LogP contribution in [0.5, 0.6) is 11.5 Å². The van der Waals surface area contributed by atoms with E-state index in [4.69, 9.17) is 4.74 Å². The molecule has 2 rings (SSSR count). The first-order valence-corrected chi connectivity index (χ1v) is 9.67. The van der Waals surface area contributed by atoms with E-state index in [1.54, 1.807) is 0 Å². The molecule has 0 unspecified atom stereocenters. The predicted octanol–water partition coefficient (Wildman–Crippen LogP) is 6.27. The fraction of sp³-hybridized carbons (Fsp3) is 0.714. The molecule has 1 aliphatic rings. The van der Waals surface area contributed by atoms with Crippen LogP contribution in [0.4, 0.5) is 0 Å². The summed E-state index contributed by atoms with van der Waals surface area (Å²) in [5.74, 6) is 2.05. The summed E-state index contributed by atoms with van der Waals surface area (Å²) in [6.07, 6.45) is 12.1. The zero-order valence-corrected chi connectivity index (χ0v) is 15.3. The van der Waals surface area contributed by atoms with Crippen LogP contribution in [0.1, 0.15) is 94.2 Å². The first kappa shape index (κ1) is 18.2. The van der Waals surface area contributed by atoms with Crippen molar-refractivity contribution < 1.29 is 9.84 Å². The van der Waals surface area contributed by atoms with Crippen molar-refractivity contribution in [3.05, 3.63) is 22.8 Å². The van der Waals surface area contributed by atoms with Gasteiger partial charge in [0.25, 0.3) is 0 Å². The monoisotopic (exact) mass is 318 g/mol. The van der Waals surface area contributed by atoms with Crippen molar-refractivity contribution in [3.8, 4) is 11.5 Å². The lowest BCUT2D eigenvalue weighted by atomic mass is 9.80. The molecule has 0 radical (unpaired) electrons. The summed E-state index contributed by atoms with van der Waals surface area (Å²) >= 11 is 0. The molecule has 2 nitrogen and oxygen atoms in total. The molecule has 1 aromatic rings. The summed E-state index contributed by atoms with van der Waals surface area (Å²) in [7, 11) is 0. The molecule has 1 aliphatic carbocycles. The number of aromatic hydroxyl groups is 1. The Labute approximate surface area is 142 Å². The second kappa shape index (κ2) is 9.20. The van der Waals surface area contributed by atoms with E-state index in [-0.39, 0.29) is 0 Å². The van der Waals surface area contributed by atoms with Crippen LogP contribution < -0.4 is 4.74 Å². The molecule has 1 saturated carbocycles. The van der Waals surface area contributed by atoms with E-state index in [9.17, 15) is 5.11 Å². The third-order valence-corrected chi connectivity index (χ3v) is 5.29. The van der Waals surface area contributed by atoms with Gasteiger partial charge in [-0.25, -0.2) is 0 Å². The Hall–Kier alpha value is -1.18. The standard InChI is InChI=1S/C21H34O2/c1-4-6-7-11-14-23-19-15-17(5-2)21(22)20(16(19)3)18-12-9-8-10-13-18/h15,18,22H,4-14H2,1-3H3. The van der Waals surface area contributed by atoms with E-state index in [1.807, 2.05) is 0 Å². The lowest BCUT2D eigenvalue weighted by Crippen LogP contribution is -2.09. The Kier molecular flexibility index (Phi) is 7.26. The van der Waals surface area contributed by atoms with E-state index >= 15 is 0 Å². The SMILES string of the molecule is CCCCCCOc1cc(CC)c(O)c(C2CCCCC2)c1C. The molecule has 0 heterocycles. The summed E-state index contributed by atoms with van der Waals surface area (Å²) in [5.41, 5.74) is 3.38. The number of ether oxygens (including phenoxy) is 1. The molecular formula is C21H34O2. The van der Waals surface area contributed by atoms with Crippen molar-refractivity contribution >= 4 is 0 Å². The minimum atomic E-state index is 0.512. The van der Waals surface area contributed by atoms with Crippen LogP contribution in [-0.2, 0) is 6.42 Å². The van der Waals surface area contributed by atoms with Gasteiger partial charge in [0.2, 0.25) is 0 Å². The summed E-state index contributed by atoms with van der Waals surface area (Å²) < 4.78 is 6.10. The third-order valence-electron chi connectivity index (χ3n) is 5.29. The number of hydrogen-bond acceptors (Lipinski definition) is 2. The van der Waals surface area contributed by atoms with Gasteiger partial charge >= 0.3 is 0 Å². The van der Waals surface area contributed by atoms with Crippen molar-refractivity contribution in [1.82, 2.24) is 0 Å². The van der Waals surface area contributed by atoms with Crippen molar-refractivity contribution in [1.29, 1.82) is 0 Å². The van der Waals surface area contributed by atoms with Crippen LogP contribution in [0.3, 0.4) is 0 Å². The van der Waals surface area contributed by atoms with Gasteiger partial charge in [-0.05, 0) is 55.7 Å². The molecule has 2 heteroatoms. The number of rotatable bonds is 8. The highest BCUT2D eigenvalue weighted by atomic mass is 16.5. The largest absolute Gasteiger partial charge is 0.507 e. The zero-order chi connectivity index (χ0) is 16.7. The Morgan fingerprint density at radius 2 is 1.83 bits per heavy atom. The summed E-state index contributed by atoms with van der Waals surface area (Å²) in [6, 6.07) is 2.07. The van der Waals surface area contributed by atoms with Gasteiger partial charge in [0.05, 0.1) is 6.61 Å². The summed E-state index contributed by atoms with van der Waals surface area (Å²) in [4.78, 5) is 0. The predicted molar refractivity (Wildman–Crippen MR) is 97.7 cm³/mol. The van der Waals surface area contributed by atoms with Gasteiger partial charge in [-0.1, -0.05) is 52.4 Å². The van der Waals surface area contributed by atoms with E-state index in [2.05, 4.69) is 26.8 Å². The highest BCUT2D eigenvalue weighted by Crippen LogP contribution is 2.43. The van der Waals surface area contributed by atoms with Crippen LogP contribution in [0.15, 0.2) is 6.07 Å². The minimum Gasteiger partial charge on any atom is -0.507 e. The van der Waals surface area contributed by atoms with Gasteiger partial charge in [-0.2, -0.15) is 0 Å². The number of unbranched alkanes of at least 4 members (excludes halogenated alkanes) is 3. The Morgan fingerprint density at radius 3 is 2.48 bits per heavy atom. The van der Waals surface area contributed by atoms with Gasteiger partial charge < -0.3 is 9.84 Å². The second-order valence-corrected chi connectivity index (χ2v) is 7.02. The topological polar surface area (TPSA) is 29.5 Å². The number of phenolic OH excluding ortho intramolecular Hbond substituents is 1. The second-order valence-electron chi connectivity index (χ2n) is 7.02. The molecule has 23 heavy (non-hydrogen) atoms. The van der Waals surface area contributed by atoms with Crippen LogP contribution in [0.2, 0.25) is 0 Å². The van der Waals surface area contributed by atoms with Gasteiger partial charge in [-0.15, -0.1) is 0 Å². The first-order chi connectivity index (χ1) is 11.2. The van der Waals surface area contributed by atoms with Crippen LogP contribution in [0, 0.1) is 6.92 Å². The Morgan fingerprint density at radius 1 is 1.09 bits per heavy atom. The molecule has 0 spiro atoms. The van der Waals surface area contributed by atoms with Crippen molar-refractivity contribution in [2.24, 2.45) is 0 Å². The van der Waals surface area contributed by atoms with E-state index in [0.29, 0.717) is 11.7 Å². The first-order valence-electron chi connectivity index (χ1n) is 9.67. The smallest absolute Gasteiger partial charge is 0.123 e. The maximum atomic E-state index is 10.7. The molecule has 0 bridgehead atoms. The van der Waals surface area contributed by atoms with Gasteiger partial charge in [0.15, 0.2) is 0 Å². The Balaban J connectivity index is 2.17. The highest BCUT2D eigenvalue weighted by molar-refractivity contribution is 5.54. The maximum absolute atomic E-state index is 10.7. The number of hydrogen-bond donors (Lipinski definition) is 1. The van der Waals surface area contributed by atoms with Gasteiger partial charge in [-0.3, -0.25) is 0 Å². The Bertz CT molecular complexity index is 487. The van der Waals surface area contributed by atoms with Gasteiger partial charge in [0.1, 0.15) is 11.5 Å². The quantitative estimate of drug-likeness (QED) is 0.572. The number of aryl methyl sites for hydroxylation is 1. The fourth-order valence-corrected chi connectivity index (χ4v) is 3.84. The van der Waals surface area contributed by atoms with Crippen LogP contribution in [0.25, 0.3) is 0 Å². The summed E-state index contributed by atoms with van der Waals surface area (Å²) in [5, 5.41) is 10.7. The van der Waals surface area contributed by atoms with Crippen LogP contribution >= 0.6 is 0 Å². The molecular weight excluding hydrogens is 284 g/mol. The number of phenols is 1. The fourth-order valence-electron chi connectivity index (χ4n) is 3.84. The molecule has 130 valence electrons. The molecule has 1 N–H and O–H groups in total. The lowest BCUT2D eigenvalue weighted by molar-refractivity contribution is 0.300. The molecule has 0 aromatic heterocycles. The molecule has 0 atom stereocenters. The third kappa shape index (κ3) is 4.65. The molecule has 0 saturated heterocycles. The molecule has 0 amide bonds. The van der Waals surface area contributed by atoms with Gasteiger partial charge in [0, 0.05) is 5.56 Å². The zero-order valence-electron chi connectivity index (χ0n) is 15.3. The molecule has 1 aromatic carbocycles. The average Bonchev–Trinajstić information content (AvgIpc) is 2.57. The normalized spacial score (nSPS) is 15.8. The van der Waals surface area contributed by atoms with Crippen molar-refractivity contribution in [2.75, 3.05) is 6.61 Å². The van der Waals surface area contributed by atoms with Crippen molar-refractivity contribution in [2.45, 2.75) is 90.9 Å². The van der Waals surface area contributed by atoms with Crippen LogP contribution in [-0.4, -0.2) is 11.7 Å². The highest BCUT2D eigenvalue weighted by Gasteiger charge is 2.24. The minimum absolute atomic E-state index is 0.512. The van der Waals surface area contributed by atoms with Crippen molar-refractivity contribution in [3.63, 3.8) is 0 Å². The maximum Gasteiger partial charge on any atom is 0.123 e.